The maximum Gasteiger partial charge on any atom is 0.0664 e. The Morgan fingerprint density at radius 2 is 2.33 bits per heavy atom. The van der Waals surface area contributed by atoms with Crippen LogP contribution in [0.3, 0.4) is 0 Å². The maximum absolute atomic E-state index is 4.50. The van der Waals surface area contributed by atoms with E-state index in [0.717, 1.165) is 17.5 Å². The fraction of sp³-hybridized carbons (Fsp3) is 0.364. The number of pyridine rings is 1. The van der Waals surface area contributed by atoms with E-state index in [1.807, 2.05) is 6.92 Å². The summed E-state index contributed by atoms with van der Waals surface area (Å²) in [6, 6.07) is 4.36. The highest BCUT2D eigenvalue weighted by molar-refractivity contribution is 5.57. The fourth-order valence-corrected chi connectivity index (χ4v) is 2.03. The largest absolute Gasteiger partial charge is 0.253 e. The molecule has 1 saturated carbocycles. The van der Waals surface area contributed by atoms with Crippen molar-refractivity contribution in [2.75, 3.05) is 0 Å². The van der Waals surface area contributed by atoms with Crippen molar-refractivity contribution in [2.24, 2.45) is 5.92 Å². The van der Waals surface area contributed by atoms with Crippen LogP contribution >= 0.6 is 0 Å². The van der Waals surface area contributed by atoms with Crippen molar-refractivity contribution in [2.45, 2.75) is 19.3 Å². The van der Waals surface area contributed by atoms with Gasteiger partial charge in [0.15, 0.2) is 0 Å². The second-order valence-electron chi connectivity index (χ2n) is 3.79. The average molecular weight is 157 g/mol. The highest BCUT2D eigenvalue weighted by Crippen LogP contribution is 2.52. The summed E-state index contributed by atoms with van der Waals surface area (Å²) in [5, 5.41) is 0. The molecule has 1 aromatic heterocycles. The van der Waals surface area contributed by atoms with E-state index >= 15 is 0 Å². The molecule has 1 heteroatoms. The van der Waals surface area contributed by atoms with Gasteiger partial charge in [0.05, 0.1) is 5.69 Å². The van der Waals surface area contributed by atoms with Gasteiger partial charge in [0, 0.05) is 5.69 Å². The Bertz CT molecular complexity index is 365. The Morgan fingerprint density at radius 1 is 1.42 bits per heavy atom. The van der Waals surface area contributed by atoms with Crippen molar-refractivity contribution in [1.82, 2.24) is 4.98 Å². The molecule has 1 heterocycles. The first-order valence-corrected chi connectivity index (χ1v) is 4.50. The van der Waals surface area contributed by atoms with Crippen LogP contribution in [0.1, 0.15) is 29.3 Å². The van der Waals surface area contributed by atoms with E-state index in [0.29, 0.717) is 0 Å². The van der Waals surface area contributed by atoms with Gasteiger partial charge in [-0.3, -0.25) is 4.98 Å². The van der Waals surface area contributed by atoms with Gasteiger partial charge in [0.2, 0.25) is 0 Å². The van der Waals surface area contributed by atoms with Gasteiger partial charge in [-0.1, -0.05) is 12.1 Å². The van der Waals surface area contributed by atoms with Crippen LogP contribution in [0.15, 0.2) is 18.2 Å². The van der Waals surface area contributed by atoms with E-state index in [2.05, 4.69) is 29.3 Å². The lowest BCUT2D eigenvalue weighted by molar-refractivity contribution is 0.965. The summed E-state index contributed by atoms with van der Waals surface area (Å²) in [6.45, 7) is 2.05. The summed E-state index contributed by atoms with van der Waals surface area (Å²) in [4.78, 5) is 4.50. The first kappa shape index (κ1) is 6.41. The van der Waals surface area contributed by atoms with E-state index in [1.165, 1.54) is 17.7 Å². The lowest BCUT2D eigenvalue weighted by Crippen LogP contribution is -1.96. The summed E-state index contributed by atoms with van der Waals surface area (Å²) in [6.07, 6.45) is 5.82. The number of aryl methyl sites for hydroxylation is 1. The summed E-state index contributed by atoms with van der Waals surface area (Å²) in [5.41, 5.74) is 3.79. The molecular weight excluding hydrogens is 146 g/mol. The van der Waals surface area contributed by atoms with Crippen molar-refractivity contribution in [3.63, 3.8) is 0 Å². The zero-order chi connectivity index (χ0) is 8.13. The third-order valence-electron chi connectivity index (χ3n) is 2.84. The summed E-state index contributed by atoms with van der Waals surface area (Å²) < 4.78 is 0. The number of aromatic nitrogens is 1. The van der Waals surface area contributed by atoms with Crippen molar-refractivity contribution in [3.05, 3.63) is 35.2 Å². The maximum atomic E-state index is 4.50. The van der Waals surface area contributed by atoms with Crippen LogP contribution in [0, 0.1) is 12.8 Å². The Kier molecular flexibility index (Phi) is 1.06. The van der Waals surface area contributed by atoms with Gasteiger partial charge in [-0.25, -0.2) is 0 Å². The molecule has 0 N–H and O–H groups in total. The number of fused-ring (bicyclic) bond motifs is 3. The van der Waals surface area contributed by atoms with Gasteiger partial charge in [0.1, 0.15) is 0 Å². The minimum atomic E-state index is 0.804. The fourth-order valence-electron chi connectivity index (χ4n) is 2.03. The van der Waals surface area contributed by atoms with Gasteiger partial charge < -0.3 is 0 Å². The molecule has 0 amide bonds. The number of nitrogens with zero attached hydrogens (tertiary/aromatic N) is 1. The Morgan fingerprint density at radius 3 is 3.25 bits per heavy atom. The van der Waals surface area contributed by atoms with E-state index in [9.17, 15) is 0 Å². The van der Waals surface area contributed by atoms with Gasteiger partial charge in [-0.05, 0) is 42.9 Å². The smallest absolute Gasteiger partial charge is 0.0664 e. The molecule has 2 aliphatic rings. The second kappa shape index (κ2) is 1.98. The SMILES string of the molecule is Cc1ccc2c(n1)C=CC1CC21. The monoisotopic (exact) mass is 157 g/mol. The molecule has 0 saturated heterocycles. The Balaban J connectivity index is 2.21. The molecule has 2 unspecified atom stereocenters. The molecule has 1 fully saturated rings. The summed E-state index contributed by atoms with van der Waals surface area (Å²) >= 11 is 0. The third-order valence-corrected chi connectivity index (χ3v) is 2.84. The molecular formula is C11H11N. The standard InChI is InChI=1S/C11H11N/c1-7-2-4-9-10-6-8(10)3-5-11(9)12-7/h2-5,8,10H,6H2,1H3. The van der Waals surface area contributed by atoms with Crippen LogP contribution in [-0.2, 0) is 0 Å². The molecule has 60 valence electrons. The van der Waals surface area contributed by atoms with Crippen LogP contribution in [0.5, 0.6) is 0 Å². The lowest BCUT2D eigenvalue weighted by atomic mass is 10.0. The predicted molar refractivity (Wildman–Crippen MR) is 48.9 cm³/mol. The van der Waals surface area contributed by atoms with E-state index in [4.69, 9.17) is 0 Å². The summed E-state index contributed by atoms with van der Waals surface area (Å²) in [7, 11) is 0. The van der Waals surface area contributed by atoms with Crippen LogP contribution in [-0.4, -0.2) is 4.98 Å². The van der Waals surface area contributed by atoms with Crippen molar-refractivity contribution in [1.29, 1.82) is 0 Å². The topological polar surface area (TPSA) is 12.9 Å². The van der Waals surface area contributed by atoms with Crippen molar-refractivity contribution in [3.8, 4) is 0 Å². The van der Waals surface area contributed by atoms with E-state index < -0.39 is 0 Å². The van der Waals surface area contributed by atoms with E-state index in [1.54, 1.807) is 0 Å². The normalized spacial score (nSPS) is 29.4. The number of allylic oxidation sites excluding steroid dienone is 1. The van der Waals surface area contributed by atoms with Crippen LogP contribution in [0.2, 0.25) is 0 Å². The van der Waals surface area contributed by atoms with Gasteiger partial charge in [-0.15, -0.1) is 0 Å². The molecule has 0 bridgehead atoms. The molecule has 2 aliphatic carbocycles. The van der Waals surface area contributed by atoms with E-state index in [-0.39, 0.29) is 0 Å². The molecule has 3 rings (SSSR count). The summed E-state index contributed by atoms with van der Waals surface area (Å²) in [5.74, 6) is 1.64. The Labute approximate surface area is 72.1 Å². The van der Waals surface area contributed by atoms with Gasteiger partial charge >= 0.3 is 0 Å². The first-order valence-electron chi connectivity index (χ1n) is 4.50. The molecule has 12 heavy (non-hydrogen) atoms. The first-order chi connectivity index (χ1) is 5.84. The number of hydrogen-bond acceptors (Lipinski definition) is 1. The van der Waals surface area contributed by atoms with Crippen LogP contribution in [0.4, 0.5) is 0 Å². The van der Waals surface area contributed by atoms with Crippen LogP contribution in [0.25, 0.3) is 6.08 Å². The average Bonchev–Trinajstić information content (AvgIpc) is 2.82. The second-order valence-corrected chi connectivity index (χ2v) is 3.79. The third kappa shape index (κ3) is 0.765. The lowest BCUT2D eigenvalue weighted by Gasteiger charge is -2.08. The predicted octanol–water partition coefficient (Wildman–Crippen LogP) is 2.52. The number of rotatable bonds is 0. The van der Waals surface area contributed by atoms with Gasteiger partial charge in [-0.2, -0.15) is 0 Å². The van der Waals surface area contributed by atoms with Crippen molar-refractivity contribution >= 4 is 6.08 Å². The Hall–Kier alpha value is -1.11. The molecule has 0 aliphatic heterocycles. The highest BCUT2D eigenvalue weighted by atomic mass is 14.7. The minimum Gasteiger partial charge on any atom is -0.253 e. The minimum absolute atomic E-state index is 0.804. The zero-order valence-electron chi connectivity index (χ0n) is 7.12. The quantitative estimate of drug-likeness (QED) is 0.564. The van der Waals surface area contributed by atoms with Crippen LogP contribution < -0.4 is 0 Å². The molecule has 0 aromatic carbocycles. The molecule has 1 aromatic rings. The molecule has 1 nitrogen and oxygen atoms in total. The highest BCUT2D eigenvalue weighted by Gasteiger charge is 2.39. The van der Waals surface area contributed by atoms with Gasteiger partial charge in [0.25, 0.3) is 0 Å². The molecule has 0 radical (unpaired) electrons. The zero-order valence-corrected chi connectivity index (χ0v) is 7.12. The molecule has 0 spiro atoms. The molecule has 2 atom stereocenters. The number of hydrogen-bond donors (Lipinski definition) is 0. The van der Waals surface area contributed by atoms with Crippen molar-refractivity contribution < 1.29 is 0 Å².